The van der Waals surface area contributed by atoms with Crippen molar-refractivity contribution in [3.63, 3.8) is 0 Å². The number of nitrogens with zero attached hydrogens (tertiary/aromatic N) is 1. The van der Waals surface area contributed by atoms with Crippen LogP contribution in [0.2, 0.25) is 0 Å². The van der Waals surface area contributed by atoms with Gasteiger partial charge in [0.15, 0.2) is 0 Å². The van der Waals surface area contributed by atoms with E-state index >= 15 is 0 Å². The fourth-order valence-corrected chi connectivity index (χ4v) is 3.73. The van der Waals surface area contributed by atoms with E-state index in [9.17, 15) is 9.59 Å². The highest BCUT2D eigenvalue weighted by Crippen LogP contribution is 2.32. The summed E-state index contributed by atoms with van der Waals surface area (Å²) in [4.78, 5) is 25.2. The normalized spacial score (nSPS) is 35.4. The van der Waals surface area contributed by atoms with Crippen LogP contribution in [0.3, 0.4) is 0 Å². The molecule has 2 rings (SSSR count). The van der Waals surface area contributed by atoms with Crippen LogP contribution in [-0.4, -0.2) is 34.5 Å². The molecule has 4 atom stereocenters. The molecule has 0 aromatic heterocycles. The van der Waals surface area contributed by atoms with Crippen molar-refractivity contribution in [2.75, 3.05) is 6.54 Å². The first-order valence-corrected chi connectivity index (χ1v) is 7.51. The van der Waals surface area contributed by atoms with Gasteiger partial charge in [-0.1, -0.05) is 19.8 Å². The zero-order chi connectivity index (χ0) is 14.0. The summed E-state index contributed by atoms with van der Waals surface area (Å²) in [6, 6.07) is -0.147. The number of amides is 1. The van der Waals surface area contributed by atoms with E-state index in [-0.39, 0.29) is 17.9 Å². The third-order valence-electron chi connectivity index (χ3n) is 4.90. The van der Waals surface area contributed by atoms with Crippen LogP contribution in [0.25, 0.3) is 0 Å². The highest BCUT2D eigenvalue weighted by atomic mass is 16.4. The molecule has 2 aliphatic rings. The molecule has 1 saturated carbocycles. The van der Waals surface area contributed by atoms with Crippen molar-refractivity contribution in [3.8, 4) is 0 Å². The van der Waals surface area contributed by atoms with E-state index in [4.69, 9.17) is 5.11 Å². The molecule has 1 N–H and O–H groups in total. The van der Waals surface area contributed by atoms with E-state index in [1.54, 1.807) is 4.90 Å². The minimum absolute atomic E-state index is 0.147. The van der Waals surface area contributed by atoms with Crippen LogP contribution in [0.15, 0.2) is 0 Å². The van der Waals surface area contributed by atoms with Crippen molar-refractivity contribution < 1.29 is 14.7 Å². The van der Waals surface area contributed by atoms with Gasteiger partial charge in [-0.3, -0.25) is 9.59 Å². The molecule has 1 heterocycles. The highest BCUT2D eigenvalue weighted by Gasteiger charge is 2.38. The molecule has 0 bridgehead atoms. The Morgan fingerprint density at radius 1 is 1.21 bits per heavy atom. The smallest absolute Gasteiger partial charge is 0.308 e. The first kappa shape index (κ1) is 14.4. The lowest BCUT2D eigenvalue weighted by molar-refractivity contribution is -0.143. The molecule has 4 nitrogen and oxygen atoms in total. The maximum absolute atomic E-state index is 12.3. The van der Waals surface area contributed by atoms with Crippen molar-refractivity contribution in [1.29, 1.82) is 0 Å². The highest BCUT2D eigenvalue weighted by molar-refractivity contribution is 5.79. The van der Waals surface area contributed by atoms with Crippen LogP contribution in [0, 0.1) is 17.8 Å². The van der Waals surface area contributed by atoms with Crippen LogP contribution >= 0.6 is 0 Å². The average molecular weight is 267 g/mol. The summed E-state index contributed by atoms with van der Waals surface area (Å²) in [5.41, 5.74) is 0. The zero-order valence-electron chi connectivity index (χ0n) is 12.0. The standard InChI is InChI=1S/C15H25NO3/c1-10-4-3-5-12(8-10)9-14(17)16-7-6-13(11(16)2)15(18)19/h10-13H,3-9H2,1-2H3,(H,18,19). The van der Waals surface area contributed by atoms with Crippen LogP contribution in [-0.2, 0) is 9.59 Å². The molecule has 1 aliphatic carbocycles. The van der Waals surface area contributed by atoms with Gasteiger partial charge in [-0.2, -0.15) is 0 Å². The number of carbonyl (C=O) groups excluding carboxylic acids is 1. The molecule has 19 heavy (non-hydrogen) atoms. The summed E-state index contributed by atoms with van der Waals surface area (Å²) in [6.45, 7) is 4.74. The van der Waals surface area contributed by atoms with E-state index in [0.29, 0.717) is 25.3 Å². The molecular weight excluding hydrogens is 242 g/mol. The lowest BCUT2D eigenvalue weighted by Gasteiger charge is -2.29. The van der Waals surface area contributed by atoms with E-state index in [1.807, 2.05) is 6.92 Å². The second-order valence-corrected chi connectivity index (χ2v) is 6.40. The summed E-state index contributed by atoms with van der Waals surface area (Å²) in [5.74, 6) is 0.250. The van der Waals surface area contributed by atoms with Gasteiger partial charge < -0.3 is 10.0 Å². The molecule has 0 radical (unpaired) electrons. The van der Waals surface area contributed by atoms with Crippen LogP contribution in [0.5, 0.6) is 0 Å². The van der Waals surface area contributed by atoms with Crippen molar-refractivity contribution in [2.24, 2.45) is 17.8 Å². The second kappa shape index (κ2) is 5.93. The van der Waals surface area contributed by atoms with E-state index in [1.165, 1.54) is 12.8 Å². The van der Waals surface area contributed by atoms with Gasteiger partial charge in [0, 0.05) is 19.0 Å². The van der Waals surface area contributed by atoms with Gasteiger partial charge in [0.2, 0.25) is 5.91 Å². The number of carboxylic acids is 1. The van der Waals surface area contributed by atoms with Crippen molar-refractivity contribution in [1.82, 2.24) is 4.90 Å². The molecule has 108 valence electrons. The lowest BCUT2D eigenvalue weighted by atomic mass is 9.80. The van der Waals surface area contributed by atoms with Crippen LogP contribution in [0.4, 0.5) is 0 Å². The maximum Gasteiger partial charge on any atom is 0.308 e. The zero-order valence-corrected chi connectivity index (χ0v) is 12.0. The summed E-state index contributed by atoms with van der Waals surface area (Å²) < 4.78 is 0. The van der Waals surface area contributed by atoms with Gasteiger partial charge in [-0.15, -0.1) is 0 Å². The van der Waals surface area contributed by atoms with Gasteiger partial charge in [0.25, 0.3) is 0 Å². The minimum Gasteiger partial charge on any atom is -0.481 e. The van der Waals surface area contributed by atoms with Crippen molar-refractivity contribution in [2.45, 2.75) is 58.4 Å². The molecule has 0 aromatic carbocycles. The van der Waals surface area contributed by atoms with Crippen LogP contribution in [0.1, 0.15) is 52.4 Å². The summed E-state index contributed by atoms with van der Waals surface area (Å²) in [5, 5.41) is 9.10. The fraction of sp³-hybridized carbons (Fsp3) is 0.867. The van der Waals surface area contributed by atoms with Crippen molar-refractivity contribution in [3.05, 3.63) is 0 Å². The maximum atomic E-state index is 12.3. The Hall–Kier alpha value is -1.06. The Morgan fingerprint density at radius 2 is 1.95 bits per heavy atom. The van der Waals surface area contributed by atoms with Gasteiger partial charge in [-0.25, -0.2) is 0 Å². The Morgan fingerprint density at radius 3 is 2.53 bits per heavy atom. The third kappa shape index (κ3) is 3.28. The average Bonchev–Trinajstić information content (AvgIpc) is 2.71. The summed E-state index contributed by atoms with van der Waals surface area (Å²) in [7, 11) is 0. The Bertz CT molecular complexity index is 355. The minimum atomic E-state index is -0.769. The summed E-state index contributed by atoms with van der Waals surface area (Å²) >= 11 is 0. The number of carboxylic acid groups (broad SMARTS) is 1. The molecule has 1 saturated heterocycles. The van der Waals surface area contributed by atoms with Crippen LogP contribution < -0.4 is 0 Å². The second-order valence-electron chi connectivity index (χ2n) is 6.40. The SMILES string of the molecule is CC1CCCC(CC(=O)N2CCC(C(=O)O)C2C)C1. The number of carbonyl (C=O) groups is 2. The Labute approximate surface area is 115 Å². The van der Waals surface area contributed by atoms with Gasteiger partial charge in [-0.05, 0) is 38.0 Å². The largest absolute Gasteiger partial charge is 0.481 e. The first-order valence-electron chi connectivity index (χ1n) is 7.51. The molecule has 0 spiro atoms. The van der Waals surface area contributed by atoms with Gasteiger partial charge >= 0.3 is 5.97 Å². The predicted molar refractivity (Wildman–Crippen MR) is 72.7 cm³/mol. The Kier molecular flexibility index (Phi) is 4.48. The topological polar surface area (TPSA) is 57.6 Å². The quantitative estimate of drug-likeness (QED) is 0.854. The number of hydrogen-bond donors (Lipinski definition) is 1. The van der Waals surface area contributed by atoms with E-state index < -0.39 is 5.97 Å². The molecule has 4 heteroatoms. The summed E-state index contributed by atoms with van der Waals surface area (Å²) in [6.07, 6.45) is 6.03. The predicted octanol–water partition coefficient (Wildman–Crippen LogP) is 2.52. The molecule has 0 aromatic rings. The number of likely N-dealkylation sites (tertiary alicyclic amines) is 1. The third-order valence-corrected chi connectivity index (χ3v) is 4.90. The van der Waals surface area contributed by atoms with E-state index in [2.05, 4.69) is 6.92 Å². The van der Waals surface area contributed by atoms with E-state index in [0.717, 1.165) is 18.8 Å². The first-order chi connectivity index (χ1) is 8.99. The van der Waals surface area contributed by atoms with Gasteiger partial charge in [0.1, 0.15) is 0 Å². The fourth-order valence-electron chi connectivity index (χ4n) is 3.73. The lowest BCUT2D eigenvalue weighted by Crippen LogP contribution is -2.38. The Balaban J connectivity index is 1.88. The number of rotatable bonds is 3. The molecule has 1 amide bonds. The molecule has 2 fully saturated rings. The molecule has 1 aliphatic heterocycles. The molecule has 4 unspecified atom stereocenters. The number of aliphatic carboxylic acids is 1. The van der Waals surface area contributed by atoms with Gasteiger partial charge in [0.05, 0.1) is 5.92 Å². The molecular formula is C15H25NO3. The monoisotopic (exact) mass is 267 g/mol. The van der Waals surface area contributed by atoms with Crippen molar-refractivity contribution >= 4 is 11.9 Å². The number of hydrogen-bond acceptors (Lipinski definition) is 2.